The predicted octanol–water partition coefficient (Wildman–Crippen LogP) is 3.76. The van der Waals surface area contributed by atoms with Gasteiger partial charge in [-0.25, -0.2) is 8.78 Å². The maximum absolute atomic E-state index is 13.6. The van der Waals surface area contributed by atoms with E-state index in [1.165, 1.54) is 17.7 Å². The van der Waals surface area contributed by atoms with E-state index in [1.54, 1.807) is 0 Å². The molecule has 5 rings (SSSR count). The smallest absolute Gasteiger partial charge is 0.254 e. The number of hydrogen-bond acceptors (Lipinski definition) is 4. The van der Waals surface area contributed by atoms with Crippen LogP contribution < -0.4 is 5.32 Å². The normalized spacial score (nSPS) is 22.4. The molecular formula is C25H29F2N3O2. The minimum absolute atomic E-state index is 0.156. The summed E-state index contributed by atoms with van der Waals surface area (Å²) in [7, 11) is 0. The lowest BCUT2D eigenvalue weighted by atomic mass is 9.87. The monoisotopic (exact) mass is 441 g/mol. The summed E-state index contributed by atoms with van der Waals surface area (Å²) in [6.07, 6.45) is 4.10. The van der Waals surface area contributed by atoms with Gasteiger partial charge in [0, 0.05) is 31.2 Å². The fraction of sp³-hybridized carbons (Fsp3) is 0.480. The molecule has 0 saturated carbocycles. The Morgan fingerprint density at radius 2 is 1.81 bits per heavy atom. The number of fused-ring (bicyclic) bond motifs is 1. The largest absolute Gasteiger partial charge is 0.503 e. The number of amides is 1. The van der Waals surface area contributed by atoms with Crippen LogP contribution in [0.2, 0.25) is 0 Å². The first kappa shape index (κ1) is 21.3. The van der Waals surface area contributed by atoms with E-state index in [1.807, 2.05) is 11.0 Å². The number of rotatable bonds is 4. The van der Waals surface area contributed by atoms with E-state index in [0.29, 0.717) is 24.6 Å². The lowest BCUT2D eigenvalue weighted by Gasteiger charge is -2.32. The second-order valence-electron chi connectivity index (χ2n) is 9.31. The minimum atomic E-state index is -0.916. The van der Waals surface area contributed by atoms with Gasteiger partial charge in [-0.15, -0.1) is 0 Å². The number of nitrogens with one attached hydrogen (secondary N) is 1. The second kappa shape index (κ2) is 8.79. The first-order chi connectivity index (χ1) is 15.5. The number of piperidine rings is 2. The van der Waals surface area contributed by atoms with Crippen LogP contribution in [0.1, 0.15) is 58.6 Å². The number of nitrogens with zero attached hydrogens (tertiary/aromatic N) is 2. The SMILES string of the molecule is O=C1c2ccc(C3CCN(Cc4cc(F)c(O)c(F)c4)CC3)cc2CN1C1CCCNC1. The molecule has 1 atom stereocenters. The standard InChI is InChI=1S/C25H29F2N3O2/c26-22-10-16(11-23(27)24(22)31)14-29-8-5-17(6-9-29)18-3-4-21-19(12-18)15-30(25(21)32)20-2-1-7-28-13-20/h3-4,10-12,17,20,28,31H,1-2,5-9,13-15H2. The quantitative estimate of drug-likeness (QED) is 0.759. The predicted molar refractivity (Wildman–Crippen MR) is 117 cm³/mol. The Kier molecular flexibility index (Phi) is 5.86. The zero-order valence-corrected chi connectivity index (χ0v) is 18.1. The molecular weight excluding hydrogens is 412 g/mol. The van der Waals surface area contributed by atoms with E-state index in [2.05, 4.69) is 22.3 Å². The molecule has 7 heteroatoms. The Bertz CT molecular complexity index is 991. The van der Waals surface area contributed by atoms with Gasteiger partial charge in [-0.2, -0.15) is 0 Å². The number of carbonyl (C=O) groups excluding carboxylic acids is 1. The summed E-state index contributed by atoms with van der Waals surface area (Å²) < 4.78 is 27.2. The van der Waals surface area contributed by atoms with Crippen molar-refractivity contribution < 1.29 is 18.7 Å². The second-order valence-corrected chi connectivity index (χ2v) is 9.31. The average Bonchev–Trinajstić information content (AvgIpc) is 3.14. The molecule has 0 aromatic heterocycles. The molecule has 1 amide bonds. The van der Waals surface area contributed by atoms with Gasteiger partial charge >= 0.3 is 0 Å². The molecule has 0 spiro atoms. The first-order valence-corrected chi connectivity index (χ1v) is 11.5. The van der Waals surface area contributed by atoms with E-state index in [-0.39, 0.29) is 11.9 Å². The molecule has 170 valence electrons. The van der Waals surface area contributed by atoms with Crippen LogP contribution in [0.5, 0.6) is 5.75 Å². The van der Waals surface area contributed by atoms with E-state index in [0.717, 1.165) is 63.0 Å². The molecule has 2 aromatic rings. The Labute approximate surface area is 187 Å². The van der Waals surface area contributed by atoms with Crippen molar-refractivity contribution >= 4 is 5.91 Å². The fourth-order valence-electron chi connectivity index (χ4n) is 5.40. The maximum Gasteiger partial charge on any atom is 0.254 e. The van der Waals surface area contributed by atoms with Crippen molar-refractivity contribution in [1.29, 1.82) is 0 Å². The van der Waals surface area contributed by atoms with Gasteiger partial charge in [-0.3, -0.25) is 9.69 Å². The third-order valence-electron chi connectivity index (χ3n) is 7.21. The Morgan fingerprint density at radius 1 is 1.06 bits per heavy atom. The van der Waals surface area contributed by atoms with Crippen molar-refractivity contribution in [1.82, 2.24) is 15.1 Å². The van der Waals surface area contributed by atoms with Crippen molar-refractivity contribution in [2.45, 2.75) is 50.7 Å². The van der Waals surface area contributed by atoms with Crippen LogP contribution in [0.25, 0.3) is 0 Å². The van der Waals surface area contributed by atoms with Gasteiger partial charge < -0.3 is 15.3 Å². The summed E-state index contributed by atoms with van der Waals surface area (Å²) in [5, 5.41) is 12.7. The van der Waals surface area contributed by atoms with Gasteiger partial charge in [0.2, 0.25) is 0 Å². The summed E-state index contributed by atoms with van der Waals surface area (Å²) in [4.78, 5) is 17.1. The summed E-state index contributed by atoms with van der Waals surface area (Å²) in [5.74, 6) is -2.17. The molecule has 0 bridgehead atoms. The lowest BCUT2D eigenvalue weighted by Crippen LogP contribution is -2.46. The molecule has 0 aliphatic carbocycles. The van der Waals surface area contributed by atoms with E-state index in [9.17, 15) is 18.7 Å². The molecule has 3 aliphatic rings. The zero-order chi connectivity index (χ0) is 22.2. The Hall–Kier alpha value is -2.51. The molecule has 32 heavy (non-hydrogen) atoms. The highest BCUT2D eigenvalue weighted by molar-refractivity contribution is 5.98. The number of halogens is 2. The maximum atomic E-state index is 13.6. The van der Waals surface area contributed by atoms with Crippen LogP contribution in [0, 0.1) is 11.6 Å². The van der Waals surface area contributed by atoms with Crippen LogP contribution in [0.3, 0.4) is 0 Å². The Balaban J connectivity index is 1.21. The number of benzene rings is 2. The van der Waals surface area contributed by atoms with Gasteiger partial charge in [-0.05, 0) is 86.1 Å². The van der Waals surface area contributed by atoms with Crippen molar-refractivity contribution in [3.63, 3.8) is 0 Å². The third-order valence-corrected chi connectivity index (χ3v) is 7.21. The topological polar surface area (TPSA) is 55.8 Å². The lowest BCUT2D eigenvalue weighted by molar-refractivity contribution is 0.0674. The van der Waals surface area contributed by atoms with Gasteiger partial charge in [0.25, 0.3) is 5.91 Å². The van der Waals surface area contributed by atoms with Crippen molar-refractivity contribution in [3.05, 3.63) is 64.2 Å². The molecule has 1 unspecified atom stereocenters. The van der Waals surface area contributed by atoms with Crippen LogP contribution in [-0.2, 0) is 13.1 Å². The van der Waals surface area contributed by atoms with Gasteiger partial charge in [0.05, 0.1) is 0 Å². The van der Waals surface area contributed by atoms with Crippen LogP contribution in [0.15, 0.2) is 30.3 Å². The first-order valence-electron chi connectivity index (χ1n) is 11.5. The van der Waals surface area contributed by atoms with Crippen LogP contribution >= 0.6 is 0 Å². The van der Waals surface area contributed by atoms with Gasteiger partial charge in [0.15, 0.2) is 17.4 Å². The van der Waals surface area contributed by atoms with E-state index < -0.39 is 17.4 Å². The Morgan fingerprint density at radius 3 is 2.50 bits per heavy atom. The number of likely N-dealkylation sites (tertiary alicyclic amines) is 1. The molecule has 3 heterocycles. The molecule has 0 radical (unpaired) electrons. The third kappa shape index (κ3) is 4.11. The number of phenolic OH excluding ortho intramolecular Hbond substituents is 1. The molecule has 2 fully saturated rings. The highest BCUT2D eigenvalue weighted by Gasteiger charge is 2.34. The summed E-state index contributed by atoms with van der Waals surface area (Å²) in [5.41, 5.74) is 3.79. The van der Waals surface area contributed by atoms with Crippen LogP contribution in [0.4, 0.5) is 8.78 Å². The van der Waals surface area contributed by atoms with Gasteiger partial charge in [0.1, 0.15) is 0 Å². The summed E-state index contributed by atoms with van der Waals surface area (Å²) in [6, 6.07) is 9.01. The highest BCUT2D eigenvalue weighted by atomic mass is 19.1. The fourth-order valence-corrected chi connectivity index (χ4v) is 5.40. The number of carbonyl (C=O) groups is 1. The van der Waals surface area contributed by atoms with Gasteiger partial charge in [-0.1, -0.05) is 12.1 Å². The van der Waals surface area contributed by atoms with Crippen molar-refractivity contribution in [2.75, 3.05) is 26.2 Å². The summed E-state index contributed by atoms with van der Waals surface area (Å²) in [6.45, 7) is 4.75. The number of phenols is 1. The molecule has 2 N–H and O–H groups in total. The molecule has 5 nitrogen and oxygen atoms in total. The number of aromatic hydroxyl groups is 1. The summed E-state index contributed by atoms with van der Waals surface area (Å²) >= 11 is 0. The molecule has 3 aliphatic heterocycles. The molecule has 2 saturated heterocycles. The molecule has 2 aromatic carbocycles. The zero-order valence-electron chi connectivity index (χ0n) is 18.1. The van der Waals surface area contributed by atoms with Crippen molar-refractivity contribution in [3.8, 4) is 5.75 Å². The van der Waals surface area contributed by atoms with E-state index >= 15 is 0 Å². The average molecular weight is 442 g/mol. The minimum Gasteiger partial charge on any atom is -0.503 e. The van der Waals surface area contributed by atoms with Crippen molar-refractivity contribution in [2.24, 2.45) is 0 Å². The highest BCUT2D eigenvalue weighted by Crippen LogP contribution is 2.34. The van der Waals surface area contributed by atoms with E-state index in [4.69, 9.17) is 0 Å². The van der Waals surface area contributed by atoms with Crippen LogP contribution in [-0.4, -0.2) is 53.0 Å². The number of hydrogen-bond donors (Lipinski definition) is 2.